The number of carboxylic acid groups (broad SMARTS) is 1. The molecule has 2 saturated heterocycles. The predicted molar refractivity (Wildman–Crippen MR) is 275 cm³/mol. The van der Waals surface area contributed by atoms with Crippen LogP contribution in [-0.4, -0.2) is 112 Å². The Bertz CT molecular complexity index is 1900. The van der Waals surface area contributed by atoms with Crippen molar-refractivity contribution in [1.29, 1.82) is 0 Å². The summed E-state index contributed by atoms with van der Waals surface area (Å²) in [4.78, 5) is 96.9. The number of esters is 6. The molecule has 397 valence electrons. The first-order valence-corrected chi connectivity index (χ1v) is 36.1. The van der Waals surface area contributed by atoms with Gasteiger partial charge in [-0.3, -0.25) is 33.6 Å². The van der Waals surface area contributed by atoms with Crippen molar-refractivity contribution in [3.05, 3.63) is 0 Å². The van der Waals surface area contributed by atoms with E-state index < -0.39 is 113 Å². The third-order valence-corrected chi connectivity index (χ3v) is 37.4. The molecule has 0 spiro atoms. The fraction of sp³-hybridized carbons (Fsp3) is 0.865. The van der Waals surface area contributed by atoms with Crippen molar-refractivity contribution >= 4 is 76.5 Å². The smallest absolute Gasteiger partial charge is 0.318 e. The van der Waals surface area contributed by atoms with Gasteiger partial charge in [0.2, 0.25) is 0 Å². The van der Waals surface area contributed by atoms with E-state index in [2.05, 4.69) is 26.2 Å². The number of fused-ring (bicyclic) bond motifs is 2. The Hall–Kier alpha value is -2.68. The van der Waals surface area contributed by atoms with Gasteiger partial charge in [-0.25, -0.2) is 0 Å². The van der Waals surface area contributed by atoms with Gasteiger partial charge in [0.15, 0.2) is 8.32 Å². The van der Waals surface area contributed by atoms with Crippen LogP contribution in [0.4, 0.5) is 0 Å². The van der Waals surface area contributed by atoms with Crippen LogP contribution in [0, 0.1) is 64.1 Å². The normalized spacial score (nSPS) is 28.4. The van der Waals surface area contributed by atoms with E-state index >= 15 is 0 Å². The summed E-state index contributed by atoms with van der Waals surface area (Å²) < 4.78 is 35.8. The molecule has 4 fully saturated rings. The van der Waals surface area contributed by atoms with Crippen molar-refractivity contribution in [3.63, 3.8) is 0 Å². The Labute approximate surface area is 425 Å². The minimum absolute atomic E-state index is 0.130. The van der Waals surface area contributed by atoms with Crippen LogP contribution >= 0.6 is 0 Å². The molecule has 2 aliphatic carbocycles. The molecular formula is C52H89O14Si4. The molecule has 0 amide bonds. The number of aliphatic carboxylic acids is 1. The molecular weight excluding hydrogens is 961 g/mol. The molecule has 2 heterocycles. The summed E-state index contributed by atoms with van der Waals surface area (Å²) in [5.41, 5.74) is -1.25. The van der Waals surface area contributed by atoms with E-state index in [4.69, 9.17) is 28.1 Å². The van der Waals surface area contributed by atoms with Crippen LogP contribution in [0.25, 0.3) is 0 Å². The van der Waals surface area contributed by atoms with Gasteiger partial charge in [0.1, 0.15) is 23.4 Å². The molecule has 11 atom stereocenters. The number of carbonyl (C=O) groups excluding carboxylic acids is 6. The second kappa shape index (κ2) is 23.2. The van der Waals surface area contributed by atoms with Gasteiger partial charge in [0.25, 0.3) is 0 Å². The summed E-state index contributed by atoms with van der Waals surface area (Å²) in [5.74, 6) is -10.0. The summed E-state index contributed by atoms with van der Waals surface area (Å²) in [6, 6.07) is 0. The molecule has 14 nitrogen and oxygen atoms in total. The van der Waals surface area contributed by atoms with Crippen LogP contribution in [0.5, 0.6) is 0 Å². The van der Waals surface area contributed by atoms with Crippen LogP contribution in [0.15, 0.2) is 0 Å². The van der Waals surface area contributed by atoms with Crippen molar-refractivity contribution < 1.29 is 66.8 Å². The Morgan fingerprint density at radius 3 is 1.84 bits per heavy atom. The van der Waals surface area contributed by atoms with Gasteiger partial charge in [-0.2, -0.15) is 0 Å². The number of ether oxygens (including phenoxy) is 5. The van der Waals surface area contributed by atoms with Crippen LogP contribution in [-0.2, 0) is 61.7 Å². The maximum Gasteiger partial charge on any atom is 0.318 e. The largest absolute Gasteiger partial charge is 0.481 e. The highest BCUT2D eigenvalue weighted by Crippen LogP contribution is 2.62. The summed E-state index contributed by atoms with van der Waals surface area (Å²) in [6.07, 6.45) is 1.99. The standard InChI is InChI=1S/C52H89O14Si4/c1-18-32(3)41(53)64-49(8,9)20-21-50(10,11)65-42(54)34(19-2)26-51(12,46(58)59)27-52(13,47(60)66-48(5,6)7)40-39(44(56)63-45(40)57)38-33(4)36-24-35(38)25-37(36)43(55)61-22-23-62-70(17)30-68(15)28-67(14)29-69(16)31-70/h32-40H,18-31H2,1-17H3,(H,58,59). The Morgan fingerprint density at radius 1 is 0.786 bits per heavy atom. The van der Waals surface area contributed by atoms with E-state index in [1.165, 1.54) is 36.5 Å². The van der Waals surface area contributed by atoms with E-state index in [9.17, 15) is 38.7 Å². The first kappa shape index (κ1) is 59.9. The van der Waals surface area contributed by atoms with E-state index in [0.717, 1.165) is 0 Å². The molecule has 2 aliphatic heterocycles. The summed E-state index contributed by atoms with van der Waals surface area (Å²) in [7, 11) is -3.00. The molecule has 4 rings (SSSR count). The molecule has 0 aromatic carbocycles. The SMILES string of the molecule is CCC(C)C(=O)OC(C)(C)CCC(C)(C)OC(=O)C(CC)CC(C)(CC(C)(C(=O)OC(C)(C)C)C1C(=O)OC(=O)C1C1C2CC(C(=O)OCCO[Si]3(C)C[Si](C)C[Si](C)C[Si](C)C3)C(C2)C1C)C(=O)O. The van der Waals surface area contributed by atoms with Crippen molar-refractivity contribution in [2.45, 2.75) is 207 Å². The zero-order valence-corrected chi connectivity index (χ0v) is 49.9. The number of cyclic esters (lactones) is 2. The second-order valence-electron chi connectivity index (χ2n) is 25.2. The van der Waals surface area contributed by atoms with Gasteiger partial charge >= 0.3 is 41.8 Å². The van der Waals surface area contributed by atoms with Crippen LogP contribution in [0.1, 0.15) is 141 Å². The first-order valence-electron chi connectivity index (χ1n) is 26.0. The molecule has 1 N–H and O–H groups in total. The highest BCUT2D eigenvalue weighted by molar-refractivity contribution is 6.98. The monoisotopic (exact) mass is 1050 g/mol. The van der Waals surface area contributed by atoms with Crippen LogP contribution in [0.3, 0.4) is 0 Å². The minimum Gasteiger partial charge on any atom is -0.481 e. The van der Waals surface area contributed by atoms with Crippen molar-refractivity contribution in [2.75, 3.05) is 13.2 Å². The average molecular weight is 1050 g/mol. The molecule has 3 radical (unpaired) electrons. The van der Waals surface area contributed by atoms with Gasteiger partial charge in [-0.15, -0.1) is 0 Å². The van der Waals surface area contributed by atoms with E-state index in [-0.39, 0.29) is 69.8 Å². The second-order valence-corrected chi connectivity index (χ2v) is 39.8. The number of rotatable bonds is 22. The number of carbonyl (C=O) groups is 7. The minimum atomic E-state index is -1.90. The molecule has 11 unspecified atom stereocenters. The molecule has 0 aromatic heterocycles. The topological polar surface area (TPSA) is 195 Å². The van der Waals surface area contributed by atoms with Gasteiger partial charge < -0.3 is 33.2 Å². The lowest BCUT2D eigenvalue weighted by molar-refractivity contribution is -0.181. The van der Waals surface area contributed by atoms with Crippen molar-refractivity contribution in [1.82, 2.24) is 0 Å². The molecule has 2 saturated carbocycles. The zero-order valence-electron chi connectivity index (χ0n) is 45.9. The fourth-order valence-electron chi connectivity index (χ4n) is 12.6. The lowest BCUT2D eigenvalue weighted by atomic mass is 9.57. The van der Waals surface area contributed by atoms with Crippen molar-refractivity contribution in [3.8, 4) is 0 Å². The Balaban J connectivity index is 1.53. The molecule has 4 aliphatic rings. The maximum absolute atomic E-state index is 14.7. The molecule has 2 bridgehead atoms. The van der Waals surface area contributed by atoms with Gasteiger partial charge in [-0.1, -0.05) is 58.7 Å². The third kappa shape index (κ3) is 15.0. The molecule has 18 heteroatoms. The summed E-state index contributed by atoms with van der Waals surface area (Å²) in [6.45, 7) is 32.9. The quantitative estimate of drug-likeness (QED) is 0.0354. The Kier molecular flexibility index (Phi) is 19.9. The maximum atomic E-state index is 14.7. The van der Waals surface area contributed by atoms with Gasteiger partial charge in [0, 0.05) is 26.4 Å². The molecule has 0 aromatic rings. The fourth-order valence-corrected chi connectivity index (χ4v) is 39.0. The highest BCUT2D eigenvalue weighted by Gasteiger charge is 2.67. The highest BCUT2D eigenvalue weighted by atomic mass is 28.4. The van der Waals surface area contributed by atoms with E-state index in [1.54, 1.807) is 41.5 Å². The molecule has 70 heavy (non-hydrogen) atoms. The summed E-state index contributed by atoms with van der Waals surface area (Å²) >= 11 is 0. The number of hydrogen-bond donors (Lipinski definition) is 1. The van der Waals surface area contributed by atoms with Crippen LogP contribution in [0.2, 0.25) is 48.9 Å². The summed E-state index contributed by atoms with van der Waals surface area (Å²) in [5, 5.41) is 11.1. The lowest BCUT2D eigenvalue weighted by Crippen LogP contribution is -2.52. The predicted octanol–water partition coefficient (Wildman–Crippen LogP) is 9.61. The van der Waals surface area contributed by atoms with Crippen molar-refractivity contribution in [2.24, 2.45) is 64.1 Å². The van der Waals surface area contributed by atoms with E-state index in [1.807, 2.05) is 34.6 Å². The first-order chi connectivity index (χ1) is 32.1. The number of hydrogen-bond acceptors (Lipinski definition) is 13. The number of carboxylic acids is 1. The van der Waals surface area contributed by atoms with Gasteiger partial charge in [-0.05, 0) is 155 Å². The van der Waals surface area contributed by atoms with Gasteiger partial charge in [0.05, 0.1) is 47.0 Å². The zero-order chi connectivity index (χ0) is 53.1. The lowest BCUT2D eigenvalue weighted by Gasteiger charge is -2.44. The van der Waals surface area contributed by atoms with Crippen LogP contribution < -0.4 is 0 Å². The average Bonchev–Trinajstić information content (AvgIpc) is 3.88. The van der Waals surface area contributed by atoms with E-state index in [0.29, 0.717) is 38.7 Å². The third-order valence-electron chi connectivity index (χ3n) is 16.1. The Morgan fingerprint density at radius 2 is 1.34 bits per heavy atom.